The number of aromatic hydroxyl groups is 3. The van der Waals surface area contributed by atoms with Crippen molar-refractivity contribution in [3.05, 3.63) is 119 Å². The summed E-state index contributed by atoms with van der Waals surface area (Å²) in [7, 11) is 0. The number of phenols is 3. The molecule has 0 saturated carbocycles. The van der Waals surface area contributed by atoms with E-state index in [4.69, 9.17) is 0 Å². The summed E-state index contributed by atoms with van der Waals surface area (Å²) in [6.45, 7) is 0. The van der Waals surface area contributed by atoms with Crippen molar-refractivity contribution >= 4 is 29.8 Å². The second-order valence-corrected chi connectivity index (χ2v) is 7.26. The number of aliphatic hydroxyl groups is 1. The molecule has 170 valence electrons. The third kappa shape index (κ3) is 6.83. The summed E-state index contributed by atoms with van der Waals surface area (Å²) in [5.74, 6) is -1.69. The smallest absolute Gasteiger partial charge is 0.193 e. The number of carbonyl (C=O) groups is 2. The number of phenolic OH excluding ortho intramolecular Hbond substituents is 3. The third-order valence-corrected chi connectivity index (χ3v) is 4.72. The second-order valence-electron chi connectivity index (χ2n) is 7.26. The maximum absolute atomic E-state index is 12.9. The zero-order valence-corrected chi connectivity index (χ0v) is 18.0. The molecule has 0 amide bonds. The van der Waals surface area contributed by atoms with Crippen molar-refractivity contribution in [3.8, 4) is 17.2 Å². The number of allylic oxidation sites excluding steroid dienone is 4. The molecule has 34 heavy (non-hydrogen) atoms. The fraction of sp³-hybridized carbons (Fsp3) is 0. The Kier molecular flexibility index (Phi) is 7.81. The number of carbonyl (C=O) groups excluding carboxylic acids is 2. The van der Waals surface area contributed by atoms with Crippen LogP contribution < -0.4 is 0 Å². The minimum absolute atomic E-state index is 0.0793. The highest BCUT2D eigenvalue weighted by molar-refractivity contribution is 6.29. The van der Waals surface area contributed by atoms with Crippen LogP contribution in [0.15, 0.2) is 102 Å². The minimum atomic E-state index is -0.707. The Balaban J connectivity index is 1.91. The van der Waals surface area contributed by atoms with Gasteiger partial charge in [0, 0.05) is 0 Å². The average molecular weight is 454 g/mol. The molecule has 0 aliphatic rings. The van der Waals surface area contributed by atoms with Gasteiger partial charge in [0.05, 0.1) is 0 Å². The number of benzene rings is 3. The largest absolute Gasteiger partial charge is 0.508 e. The molecule has 0 bridgehead atoms. The van der Waals surface area contributed by atoms with Crippen molar-refractivity contribution < 1.29 is 30.0 Å². The number of aliphatic hydroxyl groups excluding tert-OH is 1. The summed E-state index contributed by atoms with van der Waals surface area (Å²) in [6.07, 6.45) is 8.01. The molecule has 3 rings (SSSR count). The van der Waals surface area contributed by atoms with Crippen molar-refractivity contribution in [2.24, 2.45) is 0 Å². The highest BCUT2D eigenvalue weighted by Crippen LogP contribution is 2.17. The van der Waals surface area contributed by atoms with Crippen molar-refractivity contribution in [2.75, 3.05) is 0 Å². The van der Waals surface area contributed by atoms with E-state index in [1.165, 1.54) is 72.9 Å². The van der Waals surface area contributed by atoms with E-state index < -0.39 is 22.9 Å². The van der Waals surface area contributed by atoms with Gasteiger partial charge in [0.25, 0.3) is 0 Å². The third-order valence-electron chi connectivity index (χ3n) is 4.72. The highest BCUT2D eigenvalue weighted by atomic mass is 16.3. The molecule has 0 atom stereocenters. The first-order valence-electron chi connectivity index (χ1n) is 10.2. The maximum atomic E-state index is 12.9. The summed E-state index contributed by atoms with van der Waals surface area (Å²) < 4.78 is 0. The van der Waals surface area contributed by atoms with Crippen LogP contribution >= 0.6 is 0 Å². The SMILES string of the molecule is O=C(/C=C/c1ccc(O)cc1)C(C(=O)/C=C/c1ccc(O)cc1)=C(O)/C=C/c1ccc(O)cc1. The molecule has 0 aliphatic carbocycles. The fourth-order valence-electron chi connectivity index (χ4n) is 2.90. The first-order chi connectivity index (χ1) is 16.3. The summed E-state index contributed by atoms with van der Waals surface area (Å²) in [6, 6.07) is 18.4. The number of ketones is 2. The van der Waals surface area contributed by atoms with Crippen LogP contribution in [0.25, 0.3) is 18.2 Å². The second kappa shape index (κ2) is 11.2. The van der Waals surface area contributed by atoms with Gasteiger partial charge in [0.15, 0.2) is 11.6 Å². The van der Waals surface area contributed by atoms with Crippen LogP contribution in [0.5, 0.6) is 17.2 Å². The molecule has 0 unspecified atom stereocenters. The van der Waals surface area contributed by atoms with Gasteiger partial charge in [-0.2, -0.15) is 0 Å². The molecular formula is C28H22O6. The van der Waals surface area contributed by atoms with E-state index in [1.54, 1.807) is 36.4 Å². The van der Waals surface area contributed by atoms with E-state index in [0.29, 0.717) is 16.7 Å². The number of hydrogen-bond donors (Lipinski definition) is 4. The molecule has 0 saturated heterocycles. The van der Waals surface area contributed by atoms with Gasteiger partial charge in [0.1, 0.15) is 28.6 Å². The summed E-state index contributed by atoms with van der Waals surface area (Å²) in [5, 5.41) is 38.8. The first kappa shape index (κ1) is 23.8. The van der Waals surface area contributed by atoms with Gasteiger partial charge in [0.2, 0.25) is 0 Å². The van der Waals surface area contributed by atoms with E-state index in [2.05, 4.69) is 0 Å². The highest BCUT2D eigenvalue weighted by Gasteiger charge is 2.18. The molecule has 0 fully saturated rings. The van der Waals surface area contributed by atoms with E-state index >= 15 is 0 Å². The van der Waals surface area contributed by atoms with E-state index in [-0.39, 0.29) is 17.2 Å². The Bertz CT molecular complexity index is 1210. The monoisotopic (exact) mass is 454 g/mol. The molecule has 4 N–H and O–H groups in total. The fourth-order valence-corrected chi connectivity index (χ4v) is 2.90. The van der Waals surface area contributed by atoms with E-state index in [0.717, 1.165) is 0 Å². The Labute approximate surface area is 196 Å². The van der Waals surface area contributed by atoms with Crippen LogP contribution in [0.1, 0.15) is 16.7 Å². The van der Waals surface area contributed by atoms with Crippen molar-refractivity contribution in [2.45, 2.75) is 0 Å². The average Bonchev–Trinajstić information content (AvgIpc) is 2.83. The molecule has 0 spiro atoms. The van der Waals surface area contributed by atoms with Crippen LogP contribution in [0.2, 0.25) is 0 Å². The van der Waals surface area contributed by atoms with Crippen LogP contribution in [-0.4, -0.2) is 32.0 Å². The molecular weight excluding hydrogens is 432 g/mol. The molecule has 0 aromatic heterocycles. The molecule has 6 heteroatoms. The molecule has 0 aliphatic heterocycles. The lowest BCUT2D eigenvalue weighted by Crippen LogP contribution is -2.11. The normalized spacial score (nSPS) is 11.3. The predicted octanol–water partition coefficient (Wildman–Crippen LogP) is 5.19. The molecule has 3 aromatic carbocycles. The maximum Gasteiger partial charge on any atom is 0.193 e. The van der Waals surface area contributed by atoms with Gasteiger partial charge in [-0.15, -0.1) is 0 Å². The molecule has 0 heterocycles. The molecule has 3 aromatic rings. The summed E-state index contributed by atoms with van der Waals surface area (Å²) in [4.78, 5) is 25.7. The topological polar surface area (TPSA) is 115 Å². The van der Waals surface area contributed by atoms with Gasteiger partial charge in [-0.1, -0.05) is 54.6 Å². The van der Waals surface area contributed by atoms with Gasteiger partial charge in [-0.3, -0.25) is 9.59 Å². The minimum Gasteiger partial charge on any atom is -0.508 e. The summed E-state index contributed by atoms with van der Waals surface area (Å²) in [5.41, 5.74) is 1.45. The standard InChI is InChI=1S/C28H22O6/c29-22-10-1-19(2-11-22)7-16-25(32)28(26(33)17-8-20-3-12-23(30)13-4-20)27(34)18-9-21-5-14-24(31)15-6-21/h1-18,29-32H/b16-7+,17-8+,18-9+. The van der Waals surface area contributed by atoms with Gasteiger partial charge < -0.3 is 20.4 Å². The van der Waals surface area contributed by atoms with E-state index in [1.807, 2.05) is 0 Å². The Morgan fingerprint density at radius 2 is 0.794 bits per heavy atom. The lowest BCUT2D eigenvalue weighted by Gasteiger charge is -2.03. The van der Waals surface area contributed by atoms with Crippen LogP contribution in [-0.2, 0) is 9.59 Å². The zero-order chi connectivity index (χ0) is 24.5. The van der Waals surface area contributed by atoms with Crippen LogP contribution in [0.4, 0.5) is 0 Å². The Hall–Kier alpha value is -4.84. The number of hydrogen-bond acceptors (Lipinski definition) is 6. The van der Waals surface area contributed by atoms with Crippen molar-refractivity contribution in [1.82, 2.24) is 0 Å². The Morgan fingerprint density at radius 3 is 1.12 bits per heavy atom. The lowest BCUT2D eigenvalue weighted by molar-refractivity contribution is -0.117. The molecule has 6 nitrogen and oxygen atoms in total. The van der Waals surface area contributed by atoms with E-state index in [9.17, 15) is 30.0 Å². The predicted molar refractivity (Wildman–Crippen MR) is 131 cm³/mol. The lowest BCUT2D eigenvalue weighted by atomic mass is 10.0. The summed E-state index contributed by atoms with van der Waals surface area (Å²) >= 11 is 0. The number of rotatable bonds is 8. The van der Waals surface area contributed by atoms with Gasteiger partial charge in [-0.05, 0) is 71.3 Å². The van der Waals surface area contributed by atoms with Crippen LogP contribution in [0.3, 0.4) is 0 Å². The molecule has 0 radical (unpaired) electrons. The van der Waals surface area contributed by atoms with Crippen molar-refractivity contribution in [1.29, 1.82) is 0 Å². The zero-order valence-electron chi connectivity index (χ0n) is 18.0. The van der Waals surface area contributed by atoms with Crippen molar-refractivity contribution in [3.63, 3.8) is 0 Å². The Morgan fingerprint density at radius 1 is 0.500 bits per heavy atom. The van der Waals surface area contributed by atoms with Gasteiger partial charge >= 0.3 is 0 Å². The first-order valence-corrected chi connectivity index (χ1v) is 10.2. The van der Waals surface area contributed by atoms with Gasteiger partial charge in [-0.25, -0.2) is 0 Å². The van der Waals surface area contributed by atoms with Crippen LogP contribution in [0, 0.1) is 0 Å². The quantitative estimate of drug-likeness (QED) is 0.122.